The van der Waals surface area contributed by atoms with Crippen molar-refractivity contribution < 1.29 is 29.7 Å². The smallest absolute Gasteiger partial charge is 0.332 e. The summed E-state index contributed by atoms with van der Waals surface area (Å²) in [5, 5.41) is 25.1. The zero-order valence-corrected chi connectivity index (χ0v) is 6.01. The minimum atomic E-state index is -1.81. The fourth-order valence-electron chi connectivity index (χ4n) is 0.556. The largest absolute Gasteiger partial charge is 0.481 e. The molecule has 0 fully saturated rings. The van der Waals surface area contributed by atoms with E-state index in [0.717, 1.165) is 0 Å². The summed E-state index contributed by atoms with van der Waals surface area (Å²) in [6.07, 6.45) is -2.32. The van der Waals surface area contributed by atoms with E-state index >= 15 is 0 Å². The van der Waals surface area contributed by atoms with Gasteiger partial charge in [-0.15, -0.1) is 0 Å². The Kier molecular flexibility index (Phi) is 3.92. The third kappa shape index (κ3) is 3.11. The van der Waals surface area contributed by atoms with Crippen LogP contribution in [0.5, 0.6) is 0 Å². The number of aldehydes is 1. The number of hydrogen-bond acceptors (Lipinski definition) is 4. The number of hydrogen-bond donors (Lipinski definition) is 3. The lowest BCUT2D eigenvalue weighted by atomic mass is 10.0. The SMILES string of the molecule is O=CC(CC(O)C(=O)O)C(=O)O. The van der Waals surface area contributed by atoms with Gasteiger partial charge in [0.2, 0.25) is 0 Å². The molecule has 0 aliphatic heterocycles. The molecule has 0 aromatic carbocycles. The predicted octanol–water partition coefficient (Wildman–Crippen LogP) is -1.28. The monoisotopic (exact) mass is 176 g/mol. The fourth-order valence-corrected chi connectivity index (χ4v) is 0.556. The molecule has 0 saturated carbocycles. The molecular weight excluding hydrogens is 168 g/mol. The summed E-state index contributed by atoms with van der Waals surface area (Å²) in [7, 11) is 0. The van der Waals surface area contributed by atoms with Crippen LogP contribution < -0.4 is 0 Å². The first-order chi connectivity index (χ1) is 5.49. The van der Waals surface area contributed by atoms with E-state index in [1.807, 2.05) is 0 Å². The van der Waals surface area contributed by atoms with Crippen LogP contribution in [-0.4, -0.2) is 39.6 Å². The van der Waals surface area contributed by atoms with Gasteiger partial charge in [-0.05, 0) is 0 Å². The molecule has 6 nitrogen and oxygen atoms in total. The van der Waals surface area contributed by atoms with Crippen LogP contribution in [0.4, 0.5) is 0 Å². The highest BCUT2D eigenvalue weighted by molar-refractivity contribution is 5.87. The molecule has 0 amide bonds. The molecule has 0 radical (unpaired) electrons. The molecule has 2 atom stereocenters. The van der Waals surface area contributed by atoms with Gasteiger partial charge in [-0.3, -0.25) is 4.79 Å². The Morgan fingerprint density at radius 1 is 1.25 bits per heavy atom. The molecule has 0 rings (SSSR count). The van der Waals surface area contributed by atoms with E-state index in [2.05, 4.69) is 0 Å². The van der Waals surface area contributed by atoms with Crippen molar-refractivity contribution in [1.82, 2.24) is 0 Å². The Morgan fingerprint density at radius 2 is 1.75 bits per heavy atom. The summed E-state index contributed by atoms with van der Waals surface area (Å²) in [6, 6.07) is 0. The van der Waals surface area contributed by atoms with E-state index in [1.165, 1.54) is 0 Å². The molecule has 6 heteroatoms. The van der Waals surface area contributed by atoms with Gasteiger partial charge in [-0.1, -0.05) is 0 Å². The molecule has 68 valence electrons. The Balaban J connectivity index is 4.11. The van der Waals surface area contributed by atoms with Gasteiger partial charge in [-0.2, -0.15) is 0 Å². The summed E-state index contributed by atoms with van der Waals surface area (Å²) in [5.74, 6) is -4.44. The van der Waals surface area contributed by atoms with E-state index in [1.54, 1.807) is 0 Å². The molecule has 12 heavy (non-hydrogen) atoms. The standard InChI is InChI=1S/C6H8O6/c7-2-3(5(9)10)1-4(8)6(11)12/h2-4,8H,1H2,(H,9,10)(H,11,12). The maximum absolute atomic E-state index is 10.2. The molecule has 0 heterocycles. The van der Waals surface area contributed by atoms with Crippen LogP contribution in [-0.2, 0) is 14.4 Å². The molecule has 0 aliphatic rings. The second-order valence-electron chi connectivity index (χ2n) is 2.17. The Morgan fingerprint density at radius 3 is 2.00 bits per heavy atom. The van der Waals surface area contributed by atoms with E-state index in [9.17, 15) is 14.4 Å². The maximum Gasteiger partial charge on any atom is 0.332 e. The van der Waals surface area contributed by atoms with Crippen molar-refractivity contribution >= 4 is 18.2 Å². The van der Waals surface area contributed by atoms with Crippen molar-refractivity contribution in [3.63, 3.8) is 0 Å². The summed E-state index contributed by atoms with van der Waals surface area (Å²) >= 11 is 0. The lowest BCUT2D eigenvalue weighted by Gasteiger charge is -2.06. The van der Waals surface area contributed by atoms with Crippen LogP contribution in [0.15, 0.2) is 0 Å². The van der Waals surface area contributed by atoms with Crippen molar-refractivity contribution in [1.29, 1.82) is 0 Å². The zero-order valence-electron chi connectivity index (χ0n) is 6.01. The Bertz CT molecular complexity index is 198. The van der Waals surface area contributed by atoms with Crippen molar-refractivity contribution in [3.05, 3.63) is 0 Å². The average Bonchev–Trinajstić information content (AvgIpc) is 1.98. The zero-order chi connectivity index (χ0) is 9.72. The summed E-state index contributed by atoms with van der Waals surface area (Å²) in [5.41, 5.74) is 0. The van der Waals surface area contributed by atoms with Crippen LogP contribution >= 0.6 is 0 Å². The number of aliphatic hydroxyl groups is 1. The summed E-state index contributed by atoms with van der Waals surface area (Å²) in [6.45, 7) is 0. The summed E-state index contributed by atoms with van der Waals surface area (Å²) in [4.78, 5) is 30.2. The fraction of sp³-hybridized carbons (Fsp3) is 0.500. The second kappa shape index (κ2) is 4.45. The van der Waals surface area contributed by atoms with E-state index in [4.69, 9.17) is 15.3 Å². The van der Waals surface area contributed by atoms with Crippen molar-refractivity contribution in [2.45, 2.75) is 12.5 Å². The first kappa shape index (κ1) is 10.6. The minimum Gasteiger partial charge on any atom is -0.481 e. The molecule has 0 spiro atoms. The van der Waals surface area contributed by atoms with Gasteiger partial charge in [0.15, 0.2) is 6.10 Å². The van der Waals surface area contributed by atoms with Crippen LogP contribution in [0.3, 0.4) is 0 Å². The van der Waals surface area contributed by atoms with E-state index in [0.29, 0.717) is 0 Å². The molecule has 0 aliphatic carbocycles. The molecular formula is C6H8O6. The highest BCUT2D eigenvalue weighted by Gasteiger charge is 2.24. The Hall–Kier alpha value is -1.43. The van der Waals surface area contributed by atoms with Gasteiger partial charge in [0, 0.05) is 6.42 Å². The quantitative estimate of drug-likeness (QED) is 0.355. The third-order valence-electron chi connectivity index (χ3n) is 1.24. The van der Waals surface area contributed by atoms with Gasteiger partial charge in [-0.25, -0.2) is 4.79 Å². The van der Waals surface area contributed by atoms with Crippen LogP contribution in [0.1, 0.15) is 6.42 Å². The Labute approximate surface area is 67.4 Å². The second-order valence-corrected chi connectivity index (χ2v) is 2.17. The lowest BCUT2D eigenvalue weighted by Crippen LogP contribution is -2.27. The molecule has 0 bridgehead atoms. The molecule has 0 aromatic heterocycles. The average molecular weight is 176 g/mol. The molecule has 3 N–H and O–H groups in total. The number of carbonyl (C=O) groups is 3. The van der Waals surface area contributed by atoms with Crippen molar-refractivity contribution in [3.8, 4) is 0 Å². The first-order valence-electron chi connectivity index (χ1n) is 3.08. The van der Waals surface area contributed by atoms with E-state index < -0.39 is 30.4 Å². The molecule has 0 saturated heterocycles. The summed E-state index contributed by atoms with van der Waals surface area (Å²) < 4.78 is 0. The van der Waals surface area contributed by atoms with Gasteiger partial charge >= 0.3 is 11.9 Å². The number of rotatable bonds is 5. The van der Waals surface area contributed by atoms with Crippen molar-refractivity contribution in [2.75, 3.05) is 0 Å². The predicted molar refractivity (Wildman–Crippen MR) is 35.4 cm³/mol. The van der Waals surface area contributed by atoms with Crippen LogP contribution in [0, 0.1) is 5.92 Å². The van der Waals surface area contributed by atoms with Gasteiger partial charge in [0.25, 0.3) is 0 Å². The molecule has 2 unspecified atom stereocenters. The first-order valence-corrected chi connectivity index (χ1v) is 3.08. The topological polar surface area (TPSA) is 112 Å². The lowest BCUT2D eigenvalue weighted by molar-refractivity contribution is -0.150. The van der Waals surface area contributed by atoms with Gasteiger partial charge in [0.05, 0.1) is 0 Å². The maximum atomic E-state index is 10.2. The number of aliphatic hydroxyl groups excluding tert-OH is 1. The van der Waals surface area contributed by atoms with E-state index in [-0.39, 0.29) is 6.29 Å². The molecule has 0 aromatic rings. The number of carbonyl (C=O) groups excluding carboxylic acids is 1. The third-order valence-corrected chi connectivity index (χ3v) is 1.24. The van der Waals surface area contributed by atoms with Gasteiger partial charge < -0.3 is 20.1 Å². The number of carboxylic acids is 2. The highest BCUT2D eigenvalue weighted by Crippen LogP contribution is 2.04. The number of aliphatic carboxylic acids is 2. The van der Waals surface area contributed by atoms with Gasteiger partial charge in [0.1, 0.15) is 12.2 Å². The normalized spacial score (nSPS) is 14.8. The number of carboxylic acid groups (broad SMARTS) is 2. The minimum absolute atomic E-state index is 0.0918. The highest BCUT2D eigenvalue weighted by atomic mass is 16.4. The van der Waals surface area contributed by atoms with Crippen molar-refractivity contribution in [2.24, 2.45) is 5.92 Å². The van der Waals surface area contributed by atoms with Crippen LogP contribution in [0.2, 0.25) is 0 Å². The van der Waals surface area contributed by atoms with Crippen LogP contribution in [0.25, 0.3) is 0 Å².